The fourth-order valence-electron chi connectivity index (χ4n) is 4.53. The second-order valence-electron chi connectivity index (χ2n) is 10.4. The third kappa shape index (κ3) is 19.7. The number of aliphatic carboxylic acids is 3. The second-order valence-corrected chi connectivity index (χ2v) is 16.6. The minimum atomic E-state index is -2.80. The van der Waals surface area contributed by atoms with Crippen LogP contribution in [0.3, 0.4) is 0 Å². The first-order valence-corrected chi connectivity index (χ1v) is 18.8. The standard InChI is InChI=1S/C26H53N5O14Si2/c1-40-46(41-2,42-3)15-7-9-27-22(32)17-30(20-25(36)37)13-11-29(19-24(34)35)12-14-31(21-26(38)39)18-23(33)28-10-8-16-47(43-4,44-5)45-6/h7-21H2,1-6H3,(H,27,32)(H,28,33)(H,34,35)(H,36,37)(H,38,39). The highest BCUT2D eigenvalue weighted by Crippen LogP contribution is 2.15. The van der Waals surface area contributed by atoms with Gasteiger partial charge < -0.3 is 52.5 Å². The molecule has 0 saturated carbocycles. The number of hydrogen-bond donors (Lipinski definition) is 5. The van der Waals surface area contributed by atoms with E-state index in [0.29, 0.717) is 24.9 Å². The monoisotopic (exact) mass is 715 g/mol. The number of rotatable bonds is 30. The summed E-state index contributed by atoms with van der Waals surface area (Å²) in [6.45, 7) is -1.09. The predicted octanol–water partition coefficient (Wildman–Crippen LogP) is -2.08. The highest BCUT2D eigenvalue weighted by molar-refractivity contribution is 6.60. The molecule has 21 heteroatoms. The van der Waals surface area contributed by atoms with Gasteiger partial charge in [0.05, 0.1) is 32.7 Å². The van der Waals surface area contributed by atoms with E-state index in [1.54, 1.807) is 0 Å². The van der Waals surface area contributed by atoms with Gasteiger partial charge in [-0.05, 0) is 12.8 Å². The normalized spacial score (nSPS) is 12.1. The van der Waals surface area contributed by atoms with Gasteiger partial charge in [-0.2, -0.15) is 0 Å². The largest absolute Gasteiger partial charge is 0.500 e. The summed E-state index contributed by atoms with van der Waals surface area (Å²) in [5, 5.41) is 33.6. The Morgan fingerprint density at radius 3 is 1.04 bits per heavy atom. The molecule has 0 fully saturated rings. The van der Waals surface area contributed by atoms with E-state index >= 15 is 0 Å². The number of amides is 2. The third-order valence-corrected chi connectivity index (χ3v) is 12.8. The summed E-state index contributed by atoms with van der Waals surface area (Å²) in [6.07, 6.45) is 1.00. The van der Waals surface area contributed by atoms with Gasteiger partial charge in [-0.1, -0.05) is 0 Å². The molecule has 2 amide bonds. The minimum Gasteiger partial charge on any atom is -0.480 e. The third-order valence-electron chi connectivity index (χ3n) is 7.11. The molecule has 19 nitrogen and oxygen atoms in total. The molecule has 0 atom stereocenters. The molecule has 0 aliphatic rings. The molecule has 5 N–H and O–H groups in total. The molecular weight excluding hydrogens is 662 g/mol. The lowest BCUT2D eigenvalue weighted by Gasteiger charge is -2.28. The van der Waals surface area contributed by atoms with Gasteiger partial charge in [0.15, 0.2) is 0 Å². The van der Waals surface area contributed by atoms with Crippen LogP contribution in [0.1, 0.15) is 12.8 Å². The van der Waals surface area contributed by atoms with Crippen LogP contribution < -0.4 is 10.6 Å². The van der Waals surface area contributed by atoms with Crippen LogP contribution >= 0.6 is 0 Å². The predicted molar refractivity (Wildman–Crippen MR) is 171 cm³/mol. The Balaban J connectivity index is 5.12. The zero-order valence-corrected chi connectivity index (χ0v) is 30.3. The second kappa shape index (κ2) is 24.5. The van der Waals surface area contributed by atoms with E-state index in [1.165, 1.54) is 57.4 Å². The molecule has 0 aliphatic carbocycles. The van der Waals surface area contributed by atoms with Crippen molar-refractivity contribution in [2.45, 2.75) is 24.9 Å². The fraction of sp³-hybridized carbons (Fsp3) is 0.808. The first-order chi connectivity index (χ1) is 22.2. The van der Waals surface area contributed by atoms with Gasteiger partial charge in [-0.25, -0.2) is 0 Å². The van der Waals surface area contributed by atoms with Crippen molar-refractivity contribution < 1.29 is 65.8 Å². The number of carbonyl (C=O) groups excluding carboxylic acids is 2. The first kappa shape index (κ1) is 44.4. The number of carbonyl (C=O) groups is 5. The Morgan fingerprint density at radius 1 is 0.489 bits per heavy atom. The molecule has 0 aromatic heterocycles. The van der Waals surface area contributed by atoms with Crippen molar-refractivity contribution >= 4 is 47.3 Å². The number of nitrogens with one attached hydrogen (secondary N) is 2. The van der Waals surface area contributed by atoms with Crippen LogP contribution in [-0.2, 0) is 50.5 Å². The summed E-state index contributed by atoms with van der Waals surface area (Å²) in [7, 11) is 3.32. The lowest BCUT2D eigenvalue weighted by atomic mass is 10.3. The van der Waals surface area contributed by atoms with Crippen LogP contribution in [0.15, 0.2) is 0 Å². The van der Waals surface area contributed by atoms with Gasteiger partial charge in [0, 0.05) is 94.0 Å². The average molecular weight is 716 g/mol. The van der Waals surface area contributed by atoms with Crippen molar-refractivity contribution in [3.63, 3.8) is 0 Å². The Morgan fingerprint density at radius 2 is 0.766 bits per heavy atom. The lowest BCUT2D eigenvalue weighted by Crippen LogP contribution is -2.47. The van der Waals surface area contributed by atoms with E-state index in [1.807, 2.05) is 0 Å². The molecule has 0 aromatic carbocycles. The molecule has 0 unspecified atom stereocenters. The van der Waals surface area contributed by atoms with Crippen molar-refractivity contribution in [2.24, 2.45) is 0 Å². The topological polar surface area (TPSA) is 235 Å². The zero-order chi connectivity index (χ0) is 35.9. The summed E-state index contributed by atoms with van der Waals surface area (Å²) in [4.78, 5) is 63.8. The van der Waals surface area contributed by atoms with Gasteiger partial charge in [0.25, 0.3) is 0 Å². The summed E-state index contributed by atoms with van der Waals surface area (Å²) >= 11 is 0. The van der Waals surface area contributed by atoms with Crippen LogP contribution in [0.5, 0.6) is 0 Å². The van der Waals surface area contributed by atoms with Crippen molar-refractivity contribution in [3.05, 3.63) is 0 Å². The molecule has 0 aromatic rings. The summed E-state index contributed by atoms with van der Waals surface area (Å²) in [5.74, 6) is -4.34. The zero-order valence-electron chi connectivity index (χ0n) is 28.3. The SMILES string of the molecule is CO[Si](CCCNC(=O)CN(CCN(CCN(CC(=O)O)CC(=O)NCCC[Si](OC)(OC)OC)CC(=O)O)CC(=O)O)(OC)OC. The maximum atomic E-state index is 12.5. The molecule has 0 heterocycles. The quantitative estimate of drug-likeness (QED) is 0.0396. The minimum absolute atomic E-state index is 0.0364. The molecular formula is C26H53N5O14Si2. The van der Waals surface area contributed by atoms with Crippen LogP contribution in [0.2, 0.25) is 12.1 Å². The number of nitrogens with zero attached hydrogens (tertiary/aromatic N) is 3. The van der Waals surface area contributed by atoms with E-state index in [4.69, 9.17) is 26.6 Å². The smallest absolute Gasteiger partial charge is 0.480 e. The van der Waals surface area contributed by atoms with Crippen molar-refractivity contribution in [2.75, 3.05) is 115 Å². The lowest BCUT2D eigenvalue weighted by molar-refractivity contribution is -0.141. The summed E-state index contributed by atoms with van der Waals surface area (Å²) in [5.41, 5.74) is 0. The van der Waals surface area contributed by atoms with E-state index < -0.39 is 67.0 Å². The van der Waals surface area contributed by atoms with E-state index in [9.17, 15) is 39.3 Å². The highest BCUT2D eigenvalue weighted by atomic mass is 28.4. The van der Waals surface area contributed by atoms with Crippen molar-refractivity contribution in [1.29, 1.82) is 0 Å². The number of hydrogen-bond acceptors (Lipinski definition) is 14. The van der Waals surface area contributed by atoms with Crippen LogP contribution in [0.4, 0.5) is 0 Å². The molecule has 0 rings (SSSR count). The van der Waals surface area contributed by atoms with E-state index in [-0.39, 0.29) is 52.4 Å². The Kier molecular flexibility index (Phi) is 23.2. The van der Waals surface area contributed by atoms with E-state index in [0.717, 1.165) is 0 Å². The number of carboxylic acids is 3. The van der Waals surface area contributed by atoms with Gasteiger partial charge in [0.1, 0.15) is 0 Å². The summed E-state index contributed by atoms with van der Waals surface area (Å²) in [6, 6.07) is 0.916. The van der Waals surface area contributed by atoms with Crippen LogP contribution in [0, 0.1) is 0 Å². The van der Waals surface area contributed by atoms with Gasteiger partial charge in [-0.3, -0.25) is 38.7 Å². The van der Waals surface area contributed by atoms with Crippen LogP contribution in [0.25, 0.3) is 0 Å². The van der Waals surface area contributed by atoms with E-state index in [2.05, 4.69) is 10.6 Å². The molecule has 0 spiro atoms. The fourth-order valence-corrected chi connectivity index (χ4v) is 7.98. The molecule has 0 radical (unpaired) electrons. The Labute approximate surface area is 278 Å². The first-order valence-electron chi connectivity index (χ1n) is 14.9. The maximum Gasteiger partial charge on any atom is 0.500 e. The van der Waals surface area contributed by atoms with Gasteiger partial charge >= 0.3 is 35.5 Å². The molecule has 47 heavy (non-hydrogen) atoms. The average Bonchev–Trinajstić information content (AvgIpc) is 3.02. The van der Waals surface area contributed by atoms with Gasteiger partial charge in [0.2, 0.25) is 11.8 Å². The molecule has 274 valence electrons. The van der Waals surface area contributed by atoms with Crippen molar-refractivity contribution in [3.8, 4) is 0 Å². The highest BCUT2D eigenvalue weighted by Gasteiger charge is 2.37. The van der Waals surface area contributed by atoms with Gasteiger partial charge in [-0.15, -0.1) is 0 Å². The maximum absolute atomic E-state index is 12.5. The Hall–Kier alpha value is -2.58. The van der Waals surface area contributed by atoms with Crippen LogP contribution in [-0.4, -0.2) is 192 Å². The summed E-state index contributed by atoms with van der Waals surface area (Å²) < 4.78 is 32.1. The number of carboxylic acid groups (broad SMARTS) is 3. The molecule has 0 saturated heterocycles. The molecule has 0 bridgehead atoms. The van der Waals surface area contributed by atoms with Crippen molar-refractivity contribution in [1.82, 2.24) is 25.3 Å². The molecule has 0 aliphatic heterocycles. The Bertz CT molecular complexity index is 876.